The Balaban J connectivity index is 0.000000607. The molecule has 2 heterocycles. The number of aromatic nitrogens is 2. The highest BCUT2D eigenvalue weighted by molar-refractivity contribution is 5.48. The van der Waals surface area contributed by atoms with Crippen molar-refractivity contribution in [2.75, 3.05) is 31.1 Å². The third kappa shape index (κ3) is 9.90. The average Bonchev–Trinajstić information content (AvgIpc) is 2.78. The molecule has 162 valence electrons. The van der Waals surface area contributed by atoms with Crippen LogP contribution in [-0.4, -0.2) is 47.5 Å². The summed E-state index contributed by atoms with van der Waals surface area (Å²) in [5.41, 5.74) is -0.863. The van der Waals surface area contributed by atoms with Gasteiger partial charge in [0.05, 0.1) is 5.56 Å². The van der Waals surface area contributed by atoms with E-state index in [1.54, 1.807) is 9.80 Å². The molecule has 0 bridgehead atoms. The van der Waals surface area contributed by atoms with Crippen LogP contribution in [0.25, 0.3) is 0 Å². The van der Waals surface area contributed by atoms with Crippen molar-refractivity contribution in [2.24, 2.45) is 0 Å². The van der Waals surface area contributed by atoms with E-state index in [9.17, 15) is 18.0 Å². The molecule has 28 heavy (non-hydrogen) atoms. The number of amides is 1. The minimum absolute atomic E-state index is 0.258. The quantitative estimate of drug-likeness (QED) is 0.639. The fourth-order valence-electron chi connectivity index (χ4n) is 2.72. The zero-order valence-corrected chi connectivity index (χ0v) is 17.6. The van der Waals surface area contributed by atoms with Gasteiger partial charge in [-0.15, -0.1) is 0 Å². The number of rotatable bonds is 2. The number of piperazine rings is 1. The predicted octanol–water partition coefficient (Wildman–Crippen LogP) is 5.17. The molecule has 1 saturated heterocycles. The van der Waals surface area contributed by atoms with Crippen LogP contribution < -0.4 is 4.90 Å². The van der Waals surface area contributed by atoms with Gasteiger partial charge in [-0.1, -0.05) is 66.2 Å². The molecule has 0 unspecified atom stereocenters. The zero-order chi connectivity index (χ0) is 21.4. The molecule has 5 nitrogen and oxygen atoms in total. The summed E-state index contributed by atoms with van der Waals surface area (Å²) in [6.07, 6.45) is 6.88. The molecule has 0 radical (unpaired) electrons. The van der Waals surface area contributed by atoms with Crippen molar-refractivity contribution in [3.63, 3.8) is 0 Å². The van der Waals surface area contributed by atoms with Crippen molar-refractivity contribution in [3.8, 4) is 0 Å². The van der Waals surface area contributed by atoms with E-state index in [1.807, 2.05) is 27.7 Å². The SMILES string of the molecule is C1CCCCC1.CC.CC.O=CN1CCN(c2ncc(C(F)(F)F)cn2)CC1. The van der Waals surface area contributed by atoms with Gasteiger partial charge >= 0.3 is 6.18 Å². The van der Waals surface area contributed by atoms with Crippen LogP contribution in [0.4, 0.5) is 19.1 Å². The Hall–Kier alpha value is -1.86. The fourth-order valence-corrected chi connectivity index (χ4v) is 2.72. The van der Waals surface area contributed by atoms with E-state index in [0.29, 0.717) is 26.2 Å². The van der Waals surface area contributed by atoms with Crippen LogP contribution in [0.2, 0.25) is 0 Å². The largest absolute Gasteiger partial charge is 0.419 e. The Kier molecular flexibility index (Phi) is 14.1. The first-order chi connectivity index (χ1) is 13.5. The standard InChI is InChI=1S/C10H11F3N4O.C6H12.2C2H6/c11-10(12,13)8-5-14-9(15-6-8)17-3-1-16(7-18)2-4-17;1-2-4-6-5-3-1;2*1-2/h5-7H,1-4H2;1-6H2;2*1-2H3. The highest BCUT2D eigenvalue weighted by Crippen LogP contribution is 2.28. The molecule has 0 atom stereocenters. The van der Waals surface area contributed by atoms with Crippen LogP contribution in [0.5, 0.6) is 0 Å². The van der Waals surface area contributed by atoms with E-state index in [0.717, 1.165) is 18.8 Å². The van der Waals surface area contributed by atoms with E-state index < -0.39 is 11.7 Å². The minimum Gasteiger partial charge on any atom is -0.342 e. The minimum atomic E-state index is -4.42. The van der Waals surface area contributed by atoms with Crippen LogP contribution in [-0.2, 0) is 11.0 Å². The van der Waals surface area contributed by atoms with Crippen molar-refractivity contribution >= 4 is 12.4 Å². The Morgan fingerprint density at radius 1 is 0.821 bits per heavy atom. The van der Waals surface area contributed by atoms with Crippen molar-refractivity contribution in [3.05, 3.63) is 18.0 Å². The summed E-state index contributed by atoms with van der Waals surface area (Å²) < 4.78 is 37.0. The van der Waals surface area contributed by atoms with Crippen molar-refractivity contribution in [1.82, 2.24) is 14.9 Å². The summed E-state index contributed by atoms with van der Waals surface area (Å²) in [6, 6.07) is 0. The highest BCUT2D eigenvalue weighted by Gasteiger charge is 2.31. The highest BCUT2D eigenvalue weighted by atomic mass is 19.4. The summed E-state index contributed by atoms with van der Waals surface area (Å²) in [5.74, 6) is 0.258. The fraction of sp³-hybridized carbons (Fsp3) is 0.750. The van der Waals surface area contributed by atoms with Crippen LogP contribution in [0.15, 0.2) is 12.4 Å². The van der Waals surface area contributed by atoms with Crippen LogP contribution in [0.3, 0.4) is 0 Å². The van der Waals surface area contributed by atoms with Gasteiger partial charge in [-0.3, -0.25) is 4.79 Å². The second kappa shape index (κ2) is 15.1. The Morgan fingerprint density at radius 2 is 1.21 bits per heavy atom. The summed E-state index contributed by atoms with van der Waals surface area (Å²) >= 11 is 0. The molecule has 1 aliphatic heterocycles. The first-order valence-electron chi connectivity index (χ1n) is 10.3. The monoisotopic (exact) mass is 404 g/mol. The Labute approximate surface area is 167 Å². The van der Waals surface area contributed by atoms with Gasteiger partial charge in [0.1, 0.15) is 0 Å². The van der Waals surface area contributed by atoms with Gasteiger partial charge in [-0.2, -0.15) is 13.2 Å². The number of alkyl halides is 3. The first kappa shape index (κ1) is 26.1. The van der Waals surface area contributed by atoms with E-state index >= 15 is 0 Å². The number of anilines is 1. The summed E-state index contributed by atoms with van der Waals surface area (Å²) in [5, 5.41) is 0. The summed E-state index contributed by atoms with van der Waals surface area (Å²) in [4.78, 5) is 21.3. The molecule has 1 aliphatic carbocycles. The maximum absolute atomic E-state index is 12.3. The van der Waals surface area contributed by atoms with Crippen molar-refractivity contribution < 1.29 is 18.0 Å². The normalized spacial score (nSPS) is 16.4. The van der Waals surface area contributed by atoms with Gasteiger partial charge in [0, 0.05) is 38.6 Å². The first-order valence-corrected chi connectivity index (χ1v) is 10.3. The number of hydrogen-bond donors (Lipinski definition) is 0. The number of nitrogens with zero attached hydrogens (tertiary/aromatic N) is 4. The van der Waals surface area contributed by atoms with E-state index in [4.69, 9.17) is 0 Å². The topological polar surface area (TPSA) is 49.3 Å². The Morgan fingerprint density at radius 3 is 1.54 bits per heavy atom. The lowest BCUT2D eigenvalue weighted by molar-refractivity contribution is -0.138. The molecule has 8 heteroatoms. The number of carbonyl (C=O) groups is 1. The molecule has 1 saturated carbocycles. The lowest BCUT2D eigenvalue weighted by atomic mass is 10.0. The van der Waals surface area contributed by atoms with E-state index in [1.165, 1.54) is 38.5 Å². The van der Waals surface area contributed by atoms with Gasteiger partial charge in [0.25, 0.3) is 0 Å². The molecule has 0 spiro atoms. The second-order valence-corrected chi connectivity index (χ2v) is 6.02. The van der Waals surface area contributed by atoms with Gasteiger partial charge in [0.15, 0.2) is 0 Å². The van der Waals surface area contributed by atoms with Gasteiger partial charge in [-0.05, 0) is 0 Å². The number of carbonyl (C=O) groups excluding carboxylic acids is 1. The van der Waals surface area contributed by atoms with Gasteiger partial charge in [-0.25, -0.2) is 9.97 Å². The van der Waals surface area contributed by atoms with Gasteiger partial charge in [0.2, 0.25) is 12.4 Å². The molecule has 3 rings (SSSR count). The molecular weight excluding hydrogens is 369 g/mol. The van der Waals surface area contributed by atoms with E-state index in [-0.39, 0.29) is 5.95 Å². The lowest BCUT2D eigenvalue weighted by Crippen LogP contribution is -2.46. The van der Waals surface area contributed by atoms with Crippen LogP contribution in [0, 0.1) is 0 Å². The molecule has 0 N–H and O–H groups in total. The molecule has 0 aromatic carbocycles. The summed E-state index contributed by atoms with van der Waals surface area (Å²) in [7, 11) is 0. The molecule has 1 amide bonds. The average molecular weight is 405 g/mol. The zero-order valence-electron chi connectivity index (χ0n) is 17.6. The third-order valence-corrected chi connectivity index (χ3v) is 4.21. The van der Waals surface area contributed by atoms with E-state index in [2.05, 4.69) is 9.97 Å². The third-order valence-electron chi connectivity index (χ3n) is 4.21. The maximum atomic E-state index is 12.3. The molecule has 1 aromatic rings. The molecule has 2 fully saturated rings. The van der Waals surface area contributed by atoms with Crippen molar-refractivity contribution in [1.29, 1.82) is 0 Å². The van der Waals surface area contributed by atoms with Crippen LogP contribution in [0.1, 0.15) is 71.8 Å². The van der Waals surface area contributed by atoms with Crippen LogP contribution >= 0.6 is 0 Å². The Bertz CT molecular complexity index is 486. The maximum Gasteiger partial charge on any atom is 0.419 e. The summed E-state index contributed by atoms with van der Waals surface area (Å²) in [6.45, 7) is 10.1. The molecule has 1 aromatic heterocycles. The second-order valence-electron chi connectivity index (χ2n) is 6.02. The number of hydrogen-bond acceptors (Lipinski definition) is 4. The smallest absolute Gasteiger partial charge is 0.342 e. The molecule has 2 aliphatic rings. The predicted molar refractivity (Wildman–Crippen MR) is 107 cm³/mol. The van der Waals surface area contributed by atoms with Crippen molar-refractivity contribution in [2.45, 2.75) is 72.4 Å². The van der Waals surface area contributed by atoms with Gasteiger partial charge < -0.3 is 9.80 Å². The molecular formula is C20H35F3N4O. The number of halogens is 3. The lowest BCUT2D eigenvalue weighted by Gasteiger charge is -2.32.